The maximum absolute atomic E-state index is 10.3. The van der Waals surface area contributed by atoms with Crippen molar-refractivity contribution in [2.24, 2.45) is 16.7 Å². The highest BCUT2D eigenvalue weighted by Crippen LogP contribution is 2.63. The maximum atomic E-state index is 10.3. The van der Waals surface area contributed by atoms with E-state index < -0.39 is 0 Å². The Bertz CT molecular complexity index is 359. The van der Waals surface area contributed by atoms with Gasteiger partial charge in [-0.3, -0.25) is 0 Å². The van der Waals surface area contributed by atoms with Crippen molar-refractivity contribution in [3.63, 3.8) is 0 Å². The molecule has 0 radical (unpaired) electrons. The molecule has 3 rings (SSSR count). The van der Waals surface area contributed by atoms with Gasteiger partial charge in [-0.05, 0) is 61.9 Å². The van der Waals surface area contributed by atoms with Crippen LogP contribution in [0.5, 0.6) is 0 Å². The SMILES string of the molecule is CC1(C)[C@H]2CC[C@](C)(C2)[C@@H]1OC[C@H](O)CN1CCCCC1. The Morgan fingerprint density at radius 3 is 2.52 bits per heavy atom. The monoisotopic (exact) mass is 295 g/mol. The number of nitrogens with zero attached hydrogens (tertiary/aromatic N) is 1. The normalized spacial score (nSPS) is 40.6. The van der Waals surface area contributed by atoms with Crippen molar-refractivity contribution >= 4 is 0 Å². The summed E-state index contributed by atoms with van der Waals surface area (Å²) in [6.07, 6.45) is 7.87. The van der Waals surface area contributed by atoms with Gasteiger partial charge in [-0.15, -0.1) is 0 Å². The number of aliphatic hydroxyl groups is 1. The van der Waals surface area contributed by atoms with Crippen LogP contribution in [0.1, 0.15) is 59.3 Å². The van der Waals surface area contributed by atoms with Crippen LogP contribution >= 0.6 is 0 Å². The molecule has 21 heavy (non-hydrogen) atoms. The third-order valence-corrected chi connectivity index (χ3v) is 6.51. The number of β-amino-alcohol motifs (C(OH)–C–C–N with tert-alkyl or cyclic N) is 1. The molecule has 0 spiro atoms. The number of likely N-dealkylation sites (tertiary alicyclic amines) is 1. The fraction of sp³-hybridized carbons (Fsp3) is 1.00. The molecule has 1 aliphatic heterocycles. The van der Waals surface area contributed by atoms with Crippen molar-refractivity contribution in [3.8, 4) is 0 Å². The van der Waals surface area contributed by atoms with E-state index in [-0.39, 0.29) is 11.5 Å². The van der Waals surface area contributed by atoms with Crippen LogP contribution in [0.25, 0.3) is 0 Å². The predicted octanol–water partition coefficient (Wildman–Crippen LogP) is 3.06. The van der Waals surface area contributed by atoms with E-state index in [9.17, 15) is 5.11 Å². The molecular weight excluding hydrogens is 262 g/mol. The van der Waals surface area contributed by atoms with Crippen LogP contribution in [-0.4, -0.2) is 48.5 Å². The Morgan fingerprint density at radius 1 is 1.19 bits per heavy atom. The second-order valence-corrected chi connectivity index (χ2v) is 8.64. The van der Waals surface area contributed by atoms with Crippen LogP contribution in [0.4, 0.5) is 0 Å². The zero-order valence-electron chi connectivity index (χ0n) is 14.1. The third kappa shape index (κ3) is 3.02. The molecule has 2 aliphatic carbocycles. The van der Waals surface area contributed by atoms with E-state index in [1.807, 2.05) is 0 Å². The second-order valence-electron chi connectivity index (χ2n) is 8.64. The number of aliphatic hydroxyl groups excluding tert-OH is 1. The summed E-state index contributed by atoms with van der Waals surface area (Å²) in [6, 6.07) is 0. The minimum atomic E-state index is -0.332. The van der Waals surface area contributed by atoms with Gasteiger partial charge in [0, 0.05) is 6.54 Å². The van der Waals surface area contributed by atoms with E-state index in [1.165, 1.54) is 38.5 Å². The molecule has 3 aliphatic rings. The van der Waals surface area contributed by atoms with Crippen LogP contribution in [0.3, 0.4) is 0 Å². The summed E-state index contributed by atoms with van der Waals surface area (Å²) in [7, 11) is 0. The number of hydrogen-bond acceptors (Lipinski definition) is 3. The number of ether oxygens (including phenoxy) is 1. The van der Waals surface area contributed by atoms with E-state index in [2.05, 4.69) is 25.7 Å². The van der Waals surface area contributed by atoms with Gasteiger partial charge >= 0.3 is 0 Å². The highest BCUT2D eigenvalue weighted by Gasteiger charge is 2.60. The first-order chi connectivity index (χ1) is 9.92. The highest BCUT2D eigenvalue weighted by molar-refractivity contribution is 5.09. The molecule has 3 nitrogen and oxygen atoms in total. The molecule has 1 N–H and O–H groups in total. The fourth-order valence-corrected chi connectivity index (χ4v) is 5.37. The molecule has 0 aromatic heterocycles. The van der Waals surface area contributed by atoms with Gasteiger partial charge in [-0.1, -0.05) is 27.2 Å². The van der Waals surface area contributed by atoms with Gasteiger partial charge in [0.1, 0.15) is 0 Å². The van der Waals surface area contributed by atoms with Crippen molar-refractivity contribution in [1.29, 1.82) is 0 Å². The van der Waals surface area contributed by atoms with E-state index in [4.69, 9.17) is 4.74 Å². The number of rotatable bonds is 5. The van der Waals surface area contributed by atoms with Gasteiger partial charge in [-0.25, -0.2) is 0 Å². The van der Waals surface area contributed by atoms with Crippen molar-refractivity contribution < 1.29 is 9.84 Å². The molecule has 1 saturated heterocycles. The molecule has 4 atom stereocenters. The quantitative estimate of drug-likeness (QED) is 0.846. The van der Waals surface area contributed by atoms with Gasteiger partial charge in [0.2, 0.25) is 0 Å². The topological polar surface area (TPSA) is 32.7 Å². The van der Waals surface area contributed by atoms with Crippen molar-refractivity contribution in [2.75, 3.05) is 26.2 Å². The van der Waals surface area contributed by atoms with Crippen LogP contribution in [-0.2, 0) is 4.74 Å². The summed E-state index contributed by atoms with van der Waals surface area (Å²) in [5.41, 5.74) is 0.622. The lowest BCUT2D eigenvalue weighted by molar-refractivity contribution is -0.113. The second kappa shape index (κ2) is 5.82. The summed E-state index contributed by atoms with van der Waals surface area (Å²) in [5, 5.41) is 10.3. The fourth-order valence-electron chi connectivity index (χ4n) is 5.37. The molecule has 0 unspecified atom stereocenters. The average Bonchev–Trinajstić information content (AvgIpc) is 2.90. The first-order valence-electron chi connectivity index (χ1n) is 8.94. The highest BCUT2D eigenvalue weighted by atomic mass is 16.5. The Morgan fingerprint density at radius 2 is 1.90 bits per heavy atom. The third-order valence-electron chi connectivity index (χ3n) is 6.51. The van der Waals surface area contributed by atoms with Crippen LogP contribution in [0.15, 0.2) is 0 Å². The lowest BCUT2D eigenvalue weighted by atomic mass is 9.70. The molecule has 2 bridgehead atoms. The van der Waals surface area contributed by atoms with E-state index in [0.29, 0.717) is 18.1 Å². The zero-order valence-corrected chi connectivity index (χ0v) is 14.1. The smallest absolute Gasteiger partial charge is 0.0900 e. The van der Waals surface area contributed by atoms with Crippen LogP contribution in [0.2, 0.25) is 0 Å². The van der Waals surface area contributed by atoms with Crippen molar-refractivity contribution in [2.45, 2.75) is 71.5 Å². The molecule has 3 fully saturated rings. The lowest BCUT2D eigenvalue weighted by Gasteiger charge is -2.42. The predicted molar refractivity (Wildman–Crippen MR) is 85.3 cm³/mol. The van der Waals surface area contributed by atoms with E-state index in [1.54, 1.807) is 0 Å². The lowest BCUT2D eigenvalue weighted by Crippen LogP contribution is -2.45. The Labute approximate surface area is 130 Å². The summed E-state index contributed by atoms with van der Waals surface area (Å²) in [6.45, 7) is 10.7. The Hall–Kier alpha value is -0.120. The average molecular weight is 295 g/mol. The summed E-state index contributed by atoms with van der Waals surface area (Å²) in [5.74, 6) is 0.812. The molecular formula is C18H33NO2. The summed E-state index contributed by atoms with van der Waals surface area (Å²) < 4.78 is 6.28. The van der Waals surface area contributed by atoms with Gasteiger partial charge in [0.05, 0.1) is 18.8 Å². The summed E-state index contributed by atoms with van der Waals surface area (Å²) in [4.78, 5) is 2.39. The van der Waals surface area contributed by atoms with Crippen molar-refractivity contribution in [3.05, 3.63) is 0 Å². The van der Waals surface area contributed by atoms with Gasteiger partial charge in [0.25, 0.3) is 0 Å². The van der Waals surface area contributed by atoms with Gasteiger partial charge in [0.15, 0.2) is 0 Å². The molecule has 0 aromatic rings. The van der Waals surface area contributed by atoms with Crippen LogP contribution in [0, 0.1) is 16.7 Å². The molecule has 0 amide bonds. The van der Waals surface area contributed by atoms with E-state index in [0.717, 1.165) is 25.6 Å². The Kier molecular flexibility index (Phi) is 4.37. The van der Waals surface area contributed by atoms with Gasteiger partial charge < -0.3 is 14.7 Å². The molecule has 1 heterocycles. The number of hydrogen-bond donors (Lipinski definition) is 1. The minimum absolute atomic E-state index is 0.276. The number of fused-ring (bicyclic) bond motifs is 2. The zero-order chi connectivity index (χ0) is 15.1. The standard InChI is InChI=1S/C18H33NO2/c1-17(2)14-7-8-18(3,11-14)16(17)21-13-15(20)12-19-9-5-4-6-10-19/h14-16,20H,4-13H2,1-3H3/t14-,15+,16+,18+/m0/s1. The number of piperidine rings is 1. The van der Waals surface area contributed by atoms with Crippen LogP contribution < -0.4 is 0 Å². The molecule has 122 valence electrons. The largest absolute Gasteiger partial charge is 0.389 e. The molecule has 3 heteroatoms. The molecule has 0 aromatic carbocycles. The first-order valence-corrected chi connectivity index (χ1v) is 8.94. The molecule has 2 saturated carbocycles. The minimum Gasteiger partial charge on any atom is -0.389 e. The van der Waals surface area contributed by atoms with Crippen molar-refractivity contribution in [1.82, 2.24) is 4.90 Å². The van der Waals surface area contributed by atoms with E-state index >= 15 is 0 Å². The summed E-state index contributed by atoms with van der Waals surface area (Å²) >= 11 is 0. The Balaban J connectivity index is 1.50. The first kappa shape index (κ1) is 15.8. The van der Waals surface area contributed by atoms with Gasteiger partial charge in [-0.2, -0.15) is 0 Å². The maximum Gasteiger partial charge on any atom is 0.0900 e.